The molecule has 0 spiro atoms. The highest BCUT2D eigenvalue weighted by molar-refractivity contribution is 6.30. The molecule has 1 fully saturated rings. The van der Waals surface area contributed by atoms with Crippen LogP contribution in [0.15, 0.2) is 24.3 Å². The van der Waals surface area contributed by atoms with Crippen molar-refractivity contribution < 1.29 is 9.59 Å². The molecular weight excluding hydrogens is 276 g/mol. The van der Waals surface area contributed by atoms with Crippen molar-refractivity contribution in [2.24, 2.45) is 0 Å². The van der Waals surface area contributed by atoms with E-state index in [1.54, 1.807) is 24.0 Å². The molecule has 0 saturated carbocycles. The minimum absolute atomic E-state index is 0.0427. The Labute approximate surface area is 124 Å². The zero-order valence-electron chi connectivity index (χ0n) is 11.9. The molecule has 1 heterocycles. The van der Waals surface area contributed by atoms with E-state index in [9.17, 15) is 9.59 Å². The molecule has 1 aliphatic heterocycles. The van der Waals surface area contributed by atoms with Crippen LogP contribution in [0.25, 0.3) is 0 Å². The van der Waals surface area contributed by atoms with Crippen LogP contribution in [-0.2, 0) is 9.59 Å². The number of nitrogens with one attached hydrogen (secondary N) is 1. The van der Waals surface area contributed by atoms with Gasteiger partial charge in [-0.2, -0.15) is 0 Å². The lowest BCUT2D eigenvalue weighted by molar-refractivity contribution is -0.151. The Hall–Kier alpha value is -1.55. The highest BCUT2D eigenvalue weighted by Gasteiger charge is 2.40. The van der Waals surface area contributed by atoms with Crippen molar-refractivity contribution in [1.82, 2.24) is 10.2 Å². The number of amides is 2. The summed E-state index contributed by atoms with van der Waals surface area (Å²) in [4.78, 5) is 26.1. The Morgan fingerprint density at radius 1 is 1.30 bits per heavy atom. The average molecular weight is 295 g/mol. The molecule has 1 aromatic rings. The fraction of sp³-hybridized carbons (Fsp3) is 0.467. The van der Waals surface area contributed by atoms with E-state index in [-0.39, 0.29) is 17.9 Å². The minimum atomic E-state index is -0.472. The standard InChI is InChI=1S/C15H19ClN2O2/c1-4-13-14(19)17-9(2)15(20)18(13)10(3)11-5-7-12(16)8-6-11/h5-10,13H,4H2,1-3H3,(H,17,19). The summed E-state index contributed by atoms with van der Waals surface area (Å²) in [5.41, 5.74) is 0.975. The van der Waals surface area contributed by atoms with Crippen molar-refractivity contribution in [2.45, 2.75) is 45.3 Å². The van der Waals surface area contributed by atoms with Gasteiger partial charge in [0.05, 0.1) is 6.04 Å². The first-order valence-electron chi connectivity index (χ1n) is 6.83. The van der Waals surface area contributed by atoms with Gasteiger partial charge in [0.25, 0.3) is 0 Å². The highest BCUT2D eigenvalue weighted by atomic mass is 35.5. The summed E-state index contributed by atoms with van der Waals surface area (Å²) in [6.07, 6.45) is 0.599. The fourth-order valence-electron chi connectivity index (χ4n) is 2.62. The number of hydrogen-bond donors (Lipinski definition) is 1. The van der Waals surface area contributed by atoms with Crippen molar-refractivity contribution >= 4 is 23.4 Å². The van der Waals surface area contributed by atoms with E-state index in [4.69, 9.17) is 11.6 Å². The summed E-state index contributed by atoms with van der Waals surface area (Å²) in [6, 6.07) is 6.34. The molecule has 1 aromatic carbocycles. The molecule has 5 heteroatoms. The first kappa shape index (κ1) is 14.9. The molecular formula is C15H19ClN2O2. The van der Waals surface area contributed by atoms with Crippen molar-refractivity contribution in [3.63, 3.8) is 0 Å². The van der Waals surface area contributed by atoms with Crippen LogP contribution >= 0.6 is 11.6 Å². The predicted octanol–water partition coefficient (Wildman–Crippen LogP) is 2.53. The molecule has 1 N–H and O–H groups in total. The van der Waals surface area contributed by atoms with Crippen LogP contribution in [0.4, 0.5) is 0 Å². The maximum atomic E-state index is 12.4. The van der Waals surface area contributed by atoms with E-state index < -0.39 is 12.1 Å². The molecule has 108 valence electrons. The fourth-order valence-corrected chi connectivity index (χ4v) is 2.75. The summed E-state index contributed by atoms with van der Waals surface area (Å²) in [5.74, 6) is -0.126. The van der Waals surface area contributed by atoms with E-state index in [1.807, 2.05) is 26.0 Å². The Balaban J connectivity index is 2.33. The van der Waals surface area contributed by atoms with Crippen molar-refractivity contribution in [2.75, 3.05) is 0 Å². The van der Waals surface area contributed by atoms with Gasteiger partial charge in [-0.05, 0) is 38.0 Å². The Kier molecular flexibility index (Phi) is 4.33. The second-order valence-corrected chi connectivity index (χ2v) is 5.56. The van der Waals surface area contributed by atoms with E-state index in [1.165, 1.54) is 0 Å². The van der Waals surface area contributed by atoms with E-state index >= 15 is 0 Å². The molecule has 1 saturated heterocycles. The molecule has 20 heavy (non-hydrogen) atoms. The number of rotatable bonds is 3. The van der Waals surface area contributed by atoms with Gasteiger partial charge in [0.2, 0.25) is 11.8 Å². The van der Waals surface area contributed by atoms with Crippen LogP contribution in [-0.4, -0.2) is 28.8 Å². The molecule has 1 aliphatic rings. The lowest BCUT2D eigenvalue weighted by atomic mass is 9.99. The van der Waals surface area contributed by atoms with Gasteiger partial charge in [-0.3, -0.25) is 9.59 Å². The number of hydrogen-bond acceptors (Lipinski definition) is 2. The zero-order chi connectivity index (χ0) is 14.9. The zero-order valence-corrected chi connectivity index (χ0v) is 12.6. The monoisotopic (exact) mass is 294 g/mol. The predicted molar refractivity (Wildman–Crippen MR) is 78.4 cm³/mol. The third kappa shape index (κ3) is 2.66. The van der Waals surface area contributed by atoms with Gasteiger partial charge in [0.15, 0.2) is 0 Å². The summed E-state index contributed by atoms with van der Waals surface area (Å²) in [5, 5.41) is 3.38. The van der Waals surface area contributed by atoms with E-state index in [2.05, 4.69) is 5.32 Å². The van der Waals surface area contributed by atoms with Crippen molar-refractivity contribution in [1.29, 1.82) is 0 Å². The average Bonchev–Trinajstić information content (AvgIpc) is 2.42. The molecule has 4 nitrogen and oxygen atoms in total. The van der Waals surface area contributed by atoms with Gasteiger partial charge >= 0.3 is 0 Å². The summed E-state index contributed by atoms with van der Waals surface area (Å²) in [6.45, 7) is 5.57. The maximum Gasteiger partial charge on any atom is 0.246 e. The number of carbonyl (C=O) groups is 2. The quantitative estimate of drug-likeness (QED) is 0.931. The largest absolute Gasteiger partial charge is 0.343 e. The Morgan fingerprint density at radius 3 is 2.45 bits per heavy atom. The van der Waals surface area contributed by atoms with Crippen LogP contribution in [0.3, 0.4) is 0 Å². The SMILES string of the molecule is CCC1C(=O)NC(C)C(=O)N1C(C)c1ccc(Cl)cc1. The number of halogens is 1. The highest BCUT2D eigenvalue weighted by Crippen LogP contribution is 2.27. The number of nitrogens with zero attached hydrogens (tertiary/aromatic N) is 1. The van der Waals surface area contributed by atoms with Crippen LogP contribution < -0.4 is 5.32 Å². The molecule has 0 bridgehead atoms. The third-order valence-corrected chi connectivity index (χ3v) is 4.03. The second kappa shape index (κ2) is 5.83. The van der Waals surface area contributed by atoms with Gasteiger partial charge in [-0.1, -0.05) is 30.7 Å². The van der Waals surface area contributed by atoms with E-state index in [0.717, 1.165) is 5.56 Å². The summed E-state index contributed by atoms with van der Waals surface area (Å²) < 4.78 is 0. The molecule has 0 aromatic heterocycles. The lowest BCUT2D eigenvalue weighted by Gasteiger charge is -2.41. The normalized spacial score (nSPS) is 24.5. The van der Waals surface area contributed by atoms with Crippen LogP contribution in [0.1, 0.15) is 38.8 Å². The van der Waals surface area contributed by atoms with Crippen LogP contribution in [0.2, 0.25) is 5.02 Å². The smallest absolute Gasteiger partial charge is 0.246 e. The molecule has 0 radical (unpaired) electrons. The number of piperazine rings is 1. The molecule has 2 amide bonds. The first-order chi connectivity index (χ1) is 9.45. The van der Waals surface area contributed by atoms with Crippen LogP contribution in [0.5, 0.6) is 0 Å². The van der Waals surface area contributed by atoms with Gasteiger partial charge < -0.3 is 10.2 Å². The molecule has 2 rings (SSSR count). The third-order valence-electron chi connectivity index (χ3n) is 3.78. The Bertz CT molecular complexity index is 515. The van der Waals surface area contributed by atoms with Crippen LogP contribution in [0, 0.1) is 0 Å². The first-order valence-corrected chi connectivity index (χ1v) is 7.21. The topological polar surface area (TPSA) is 49.4 Å². The lowest BCUT2D eigenvalue weighted by Crippen LogP contribution is -2.62. The summed E-state index contributed by atoms with van der Waals surface area (Å²) in [7, 11) is 0. The number of benzene rings is 1. The summed E-state index contributed by atoms with van der Waals surface area (Å²) >= 11 is 5.89. The second-order valence-electron chi connectivity index (χ2n) is 5.13. The molecule has 3 atom stereocenters. The van der Waals surface area contributed by atoms with Gasteiger partial charge in [-0.25, -0.2) is 0 Å². The van der Waals surface area contributed by atoms with Gasteiger partial charge in [-0.15, -0.1) is 0 Å². The maximum absolute atomic E-state index is 12.4. The number of carbonyl (C=O) groups excluding carboxylic acids is 2. The molecule has 3 unspecified atom stereocenters. The van der Waals surface area contributed by atoms with Crippen molar-refractivity contribution in [3.8, 4) is 0 Å². The van der Waals surface area contributed by atoms with Gasteiger partial charge in [0, 0.05) is 5.02 Å². The Morgan fingerprint density at radius 2 is 1.90 bits per heavy atom. The molecule has 0 aliphatic carbocycles. The minimum Gasteiger partial charge on any atom is -0.343 e. The van der Waals surface area contributed by atoms with E-state index in [0.29, 0.717) is 11.4 Å². The van der Waals surface area contributed by atoms with Gasteiger partial charge in [0.1, 0.15) is 12.1 Å². The van der Waals surface area contributed by atoms with Crippen molar-refractivity contribution in [3.05, 3.63) is 34.9 Å².